The first-order chi connectivity index (χ1) is 12.7. The van der Waals surface area contributed by atoms with Crippen LogP contribution in [0.1, 0.15) is 35.2 Å². The van der Waals surface area contributed by atoms with Crippen LogP contribution < -0.4 is 9.64 Å². The van der Waals surface area contributed by atoms with Gasteiger partial charge >= 0.3 is 12.3 Å². The summed E-state index contributed by atoms with van der Waals surface area (Å²) in [6, 6.07) is 11.0. The molecule has 0 bridgehead atoms. The minimum absolute atomic E-state index is 0.181. The molecule has 0 radical (unpaired) electrons. The van der Waals surface area contributed by atoms with Gasteiger partial charge in [0.1, 0.15) is 5.75 Å². The lowest BCUT2D eigenvalue weighted by atomic mass is 9.85. The first kappa shape index (κ1) is 18.8. The molecule has 5 nitrogen and oxygen atoms in total. The third kappa shape index (κ3) is 3.89. The number of rotatable bonds is 3. The highest BCUT2D eigenvalue weighted by Crippen LogP contribution is 2.39. The Morgan fingerprint density at radius 3 is 2.33 bits per heavy atom. The molecule has 0 saturated carbocycles. The summed E-state index contributed by atoms with van der Waals surface area (Å²) in [5.74, 6) is -2.52. The normalized spacial score (nSPS) is 19.3. The number of carbonyl (C=O) groups is 2. The minimum Gasteiger partial charge on any atom is -0.481 e. The van der Waals surface area contributed by atoms with E-state index in [1.807, 2.05) is 0 Å². The molecule has 1 N–H and O–H groups in total. The number of para-hydroxylation sites is 1. The Morgan fingerprint density at radius 1 is 1.11 bits per heavy atom. The predicted molar refractivity (Wildman–Crippen MR) is 90.8 cm³/mol. The van der Waals surface area contributed by atoms with Gasteiger partial charge in [-0.1, -0.05) is 18.2 Å². The van der Waals surface area contributed by atoms with Gasteiger partial charge in [0.15, 0.2) is 0 Å². The number of carbonyl (C=O) groups excluding carboxylic acids is 1. The van der Waals surface area contributed by atoms with Crippen molar-refractivity contribution in [1.82, 2.24) is 0 Å². The first-order valence-corrected chi connectivity index (χ1v) is 8.18. The van der Waals surface area contributed by atoms with Gasteiger partial charge < -0.3 is 14.7 Å². The van der Waals surface area contributed by atoms with E-state index >= 15 is 0 Å². The van der Waals surface area contributed by atoms with Gasteiger partial charge in [0.25, 0.3) is 5.91 Å². The maximum absolute atomic E-state index is 13.0. The summed E-state index contributed by atoms with van der Waals surface area (Å²) in [7, 11) is 0. The van der Waals surface area contributed by atoms with Crippen molar-refractivity contribution in [3.63, 3.8) is 0 Å². The molecular weight excluding hydrogens is 363 g/mol. The Labute approximate surface area is 153 Å². The Kier molecular flexibility index (Phi) is 4.82. The fraction of sp³-hybridized carbons (Fsp3) is 0.263. The van der Waals surface area contributed by atoms with Crippen molar-refractivity contribution in [3.05, 3.63) is 59.7 Å². The number of alkyl halides is 3. The van der Waals surface area contributed by atoms with Crippen LogP contribution in [0, 0.1) is 0 Å². The summed E-state index contributed by atoms with van der Waals surface area (Å²) in [5.41, 5.74) is 1.21. The van der Waals surface area contributed by atoms with E-state index in [1.165, 1.54) is 17.0 Å². The molecule has 1 aliphatic heterocycles. The van der Waals surface area contributed by atoms with Crippen molar-refractivity contribution in [3.8, 4) is 5.75 Å². The van der Waals surface area contributed by atoms with Crippen LogP contribution >= 0.6 is 0 Å². The van der Waals surface area contributed by atoms with Gasteiger partial charge in [0.2, 0.25) is 0 Å². The summed E-state index contributed by atoms with van der Waals surface area (Å²) in [4.78, 5) is 26.0. The van der Waals surface area contributed by atoms with Crippen LogP contribution in [0.4, 0.5) is 18.9 Å². The second-order valence-corrected chi connectivity index (χ2v) is 6.28. The highest BCUT2D eigenvalue weighted by atomic mass is 19.4. The van der Waals surface area contributed by atoms with Crippen molar-refractivity contribution < 1.29 is 32.6 Å². The van der Waals surface area contributed by atoms with Crippen molar-refractivity contribution >= 4 is 17.6 Å². The van der Waals surface area contributed by atoms with E-state index in [9.17, 15) is 27.9 Å². The van der Waals surface area contributed by atoms with Crippen molar-refractivity contribution in [2.75, 3.05) is 4.90 Å². The number of aliphatic carboxylic acids is 1. The second-order valence-electron chi connectivity index (χ2n) is 6.28. The summed E-state index contributed by atoms with van der Waals surface area (Å²) in [6.07, 6.45) is -4.56. The number of amides is 1. The number of carboxylic acids is 1. The van der Waals surface area contributed by atoms with Gasteiger partial charge in [-0.15, -0.1) is 13.2 Å². The number of halogens is 3. The van der Waals surface area contributed by atoms with Crippen LogP contribution in [0.2, 0.25) is 0 Å². The molecule has 27 heavy (non-hydrogen) atoms. The Morgan fingerprint density at radius 2 is 1.74 bits per heavy atom. The lowest BCUT2D eigenvalue weighted by Crippen LogP contribution is -2.44. The number of ether oxygens (including phenoxy) is 1. The molecule has 0 fully saturated rings. The Bertz CT molecular complexity index is 864. The fourth-order valence-corrected chi connectivity index (χ4v) is 3.29. The molecule has 0 aromatic heterocycles. The number of fused-ring (bicyclic) bond motifs is 1. The summed E-state index contributed by atoms with van der Waals surface area (Å²) >= 11 is 0. The van der Waals surface area contributed by atoms with Gasteiger partial charge in [-0.2, -0.15) is 0 Å². The Balaban J connectivity index is 1.92. The van der Waals surface area contributed by atoms with Crippen molar-refractivity contribution in [2.45, 2.75) is 31.7 Å². The molecule has 142 valence electrons. The minimum atomic E-state index is -4.81. The Hall–Kier alpha value is -3.03. The number of anilines is 1. The summed E-state index contributed by atoms with van der Waals surface area (Å²) in [5, 5.41) is 9.46. The van der Waals surface area contributed by atoms with E-state index in [2.05, 4.69) is 4.74 Å². The van der Waals surface area contributed by atoms with Crippen LogP contribution in [0.3, 0.4) is 0 Å². The molecule has 2 atom stereocenters. The maximum Gasteiger partial charge on any atom is 0.573 e. The summed E-state index contributed by atoms with van der Waals surface area (Å²) in [6.45, 7) is 1.74. The highest BCUT2D eigenvalue weighted by Gasteiger charge is 2.37. The topological polar surface area (TPSA) is 66.8 Å². The number of hydrogen-bond donors (Lipinski definition) is 1. The van der Waals surface area contributed by atoms with E-state index in [-0.39, 0.29) is 18.0 Å². The second kappa shape index (κ2) is 6.94. The highest BCUT2D eigenvalue weighted by molar-refractivity contribution is 6.07. The molecule has 0 unspecified atom stereocenters. The van der Waals surface area contributed by atoms with E-state index in [4.69, 9.17) is 0 Å². The van der Waals surface area contributed by atoms with Crippen LogP contribution in [0.25, 0.3) is 0 Å². The van der Waals surface area contributed by atoms with Gasteiger partial charge in [0.05, 0.1) is 5.92 Å². The lowest BCUT2D eigenvalue weighted by Gasteiger charge is -2.38. The van der Waals surface area contributed by atoms with Crippen LogP contribution in [-0.4, -0.2) is 29.4 Å². The molecular formula is C19H16F3NO4. The zero-order valence-corrected chi connectivity index (χ0v) is 14.2. The molecule has 0 aliphatic carbocycles. The molecule has 3 rings (SSSR count). The molecule has 2 aromatic rings. The average molecular weight is 379 g/mol. The van der Waals surface area contributed by atoms with Crippen molar-refractivity contribution in [2.24, 2.45) is 0 Å². The summed E-state index contributed by atoms with van der Waals surface area (Å²) < 4.78 is 40.6. The molecule has 0 spiro atoms. The van der Waals surface area contributed by atoms with Crippen LogP contribution in [0.5, 0.6) is 5.75 Å². The van der Waals surface area contributed by atoms with Gasteiger partial charge in [0, 0.05) is 17.3 Å². The zero-order valence-electron chi connectivity index (χ0n) is 14.2. The van der Waals surface area contributed by atoms with E-state index in [0.29, 0.717) is 11.3 Å². The quantitative estimate of drug-likeness (QED) is 0.868. The molecule has 1 heterocycles. The molecule has 1 aliphatic rings. The smallest absolute Gasteiger partial charge is 0.481 e. The molecule has 1 amide bonds. The van der Waals surface area contributed by atoms with Crippen molar-refractivity contribution in [1.29, 1.82) is 0 Å². The number of benzene rings is 2. The number of nitrogens with zero attached hydrogens (tertiary/aromatic N) is 1. The van der Waals surface area contributed by atoms with E-state index in [1.54, 1.807) is 31.2 Å². The van der Waals surface area contributed by atoms with Crippen LogP contribution in [-0.2, 0) is 4.79 Å². The predicted octanol–water partition coefficient (Wildman–Crippen LogP) is 4.19. The van der Waals surface area contributed by atoms with Gasteiger partial charge in [-0.25, -0.2) is 0 Å². The van der Waals surface area contributed by atoms with E-state index in [0.717, 1.165) is 12.1 Å². The lowest BCUT2D eigenvalue weighted by molar-refractivity contribution is -0.274. The largest absolute Gasteiger partial charge is 0.573 e. The number of hydrogen-bond acceptors (Lipinski definition) is 3. The van der Waals surface area contributed by atoms with Crippen LogP contribution in [0.15, 0.2) is 48.5 Å². The van der Waals surface area contributed by atoms with Gasteiger partial charge in [-0.3, -0.25) is 9.59 Å². The third-order valence-corrected chi connectivity index (χ3v) is 4.44. The van der Waals surface area contributed by atoms with E-state index < -0.39 is 29.9 Å². The molecule has 2 aromatic carbocycles. The fourth-order valence-electron chi connectivity index (χ4n) is 3.29. The monoisotopic (exact) mass is 379 g/mol. The average Bonchev–Trinajstić information content (AvgIpc) is 2.59. The SMILES string of the molecule is C[C@@H]1C[C@@H](C(=O)O)c2ccccc2N1C(=O)c1ccc(OC(F)(F)F)cc1. The maximum atomic E-state index is 13.0. The third-order valence-electron chi connectivity index (χ3n) is 4.44. The van der Waals surface area contributed by atoms with Gasteiger partial charge in [-0.05, 0) is 49.2 Å². The number of carboxylic acid groups (broad SMARTS) is 1. The zero-order chi connectivity index (χ0) is 19.8. The molecule has 0 saturated heterocycles. The molecule has 8 heteroatoms. The first-order valence-electron chi connectivity index (χ1n) is 8.18. The standard InChI is InChI=1S/C19H16F3NO4/c1-11-10-15(18(25)26)14-4-2-3-5-16(14)23(11)17(24)12-6-8-13(9-7-12)27-19(20,21)22/h2-9,11,15H,10H2,1H3,(H,25,26)/t11-,15-/m1/s1.